The molecule has 0 aromatic rings. The van der Waals surface area contributed by atoms with Crippen molar-refractivity contribution in [2.45, 2.75) is 70.4 Å². The summed E-state index contributed by atoms with van der Waals surface area (Å²) in [4.78, 5) is 14.6. The van der Waals surface area contributed by atoms with Gasteiger partial charge in [0.15, 0.2) is 0 Å². The molecule has 0 radical (unpaired) electrons. The van der Waals surface area contributed by atoms with Crippen LogP contribution < -0.4 is 11.1 Å². The largest absolute Gasteiger partial charge is 0.356 e. The molecule has 0 spiro atoms. The minimum Gasteiger partial charge on any atom is -0.356 e. The molecule has 1 saturated carbocycles. The van der Waals surface area contributed by atoms with Crippen molar-refractivity contribution >= 4 is 5.91 Å². The topological polar surface area (TPSA) is 58.4 Å². The van der Waals surface area contributed by atoms with Crippen LogP contribution >= 0.6 is 0 Å². The lowest BCUT2D eigenvalue weighted by molar-refractivity contribution is -0.122. The average molecular weight is 281 g/mol. The van der Waals surface area contributed by atoms with E-state index in [-0.39, 0.29) is 11.4 Å². The average Bonchev–Trinajstić information content (AvgIpc) is 2.85. The first-order valence-electron chi connectivity index (χ1n) is 8.28. The van der Waals surface area contributed by atoms with Gasteiger partial charge in [-0.2, -0.15) is 0 Å². The second kappa shape index (κ2) is 6.90. The maximum absolute atomic E-state index is 12.1. The van der Waals surface area contributed by atoms with Gasteiger partial charge in [0, 0.05) is 31.1 Å². The standard InChI is InChI=1S/C16H31N3O/c1-13(2)19-9-6-14(12-19)11-18-15(20)10-16(17)7-4-3-5-8-16/h13-14H,3-12,17H2,1-2H3,(H,18,20). The highest BCUT2D eigenvalue weighted by atomic mass is 16.1. The van der Waals surface area contributed by atoms with Crippen LogP contribution in [0.1, 0.15) is 58.8 Å². The molecule has 2 aliphatic rings. The molecule has 1 atom stereocenters. The molecule has 1 aliphatic heterocycles. The highest BCUT2D eigenvalue weighted by molar-refractivity contribution is 5.77. The van der Waals surface area contributed by atoms with Crippen LogP contribution in [-0.4, -0.2) is 42.0 Å². The van der Waals surface area contributed by atoms with Crippen molar-refractivity contribution in [3.63, 3.8) is 0 Å². The molecule has 20 heavy (non-hydrogen) atoms. The van der Waals surface area contributed by atoms with E-state index in [4.69, 9.17) is 5.73 Å². The fourth-order valence-electron chi connectivity index (χ4n) is 3.57. The van der Waals surface area contributed by atoms with Crippen LogP contribution in [0, 0.1) is 5.92 Å². The van der Waals surface area contributed by atoms with Gasteiger partial charge in [0.2, 0.25) is 5.91 Å². The van der Waals surface area contributed by atoms with Crippen molar-refractivity contribution < 1.29 is 4.79 Å². The van der Waals surface area contributed by atoms with Crippen LogP contribution in [0.5, 0.6) is 0 Å². The smallest absolute Gasteiger partial charge is 0.221 e. The fourth-order valence-corrected chi connectivity index (χ4v) is 3.57. The van der Waals surface area contributed by atoms with E-state index in [0.717, 1.165) is 25.9 Å². The van der Waals surface area contributed by atoms with E-state index >= 15 is 0 Å². The lowest BCUT2D eigenvalue weighted by atomic mass is 9.80. The third-order valence-electron chi connectivity index (χ3n) is 5.00. The van der Waals surface area contributed by atoms with Gasteiger partial charge in [0.25, 0.3) is 0 Å². The molecule has 2 fully saturated rings. The van der Waals surface area contributed by atoms with Crippen molar-refractivity contribution in [2.75, 3.05) is 19.6 Å². The van der Waals surface area contributed by atoms with Gasteiger partial charge in [-0.15, -0.1) is 0 Å². The van der Waals surface area contributed by atoms with Crippen LogP contribution in [0.3, 0.4) is 0 Å². The predicted molar refractivity (Wildman–Crippen MR) is 82.4 cm³/mol. The van der Waals surface area contributed by atoms with Crippen molar-refractivity contribution in [1.82, 2.24) is 10.2 Å². The van der Waals surface area contributed by atoms with Gasteiger partial charge in [0.1, 0.15) is 0 Å². The summed E-state index contributed by atoms with van der Waals surface area (Å²) < 4.78 is 0. The van der Waals surface area contributed by atoms with Crippen LogP contribution in [0.4, 0.5) is 0 Å². The summed E-state index contributed by atoms with van der Waals surface area (Å²) in [5.74, 6) is 0.763. The molecule has 1 unspecified atom stereocenters. The van der Waals surface area contributed by atoms with Crippen molar-refractivity contribution in [2.24, 2.45) is 11.7 Å². The molecule has 4 heteroatoms. The number of hydrogen-bond donors (Lipinski definition) is 2. The summed E-state index contributed by atoms with van der Waals surface area (Å²) in [6.07, 6.45) is 7.34. The SMILES string of the molecule is CC(C)N1CCC(CNC(=O)CC2(N)CCCCC2)C1. The summed E-state index contributed by atoms with van der Waals surface area (Å²) in [6.45, 7) is 7.58. The Labute approximate surface area is 123 Å². The maximum Gasteiger partial charge on any atom is 0.221 e. The summed E-state index contributed by atoms with van der Waals surface area (Å²) in [6, 6.07) is 0.616. The number of carbonyl (C=O) groups excluding carboxylic acids is 1. The number of nitrogens with two attached hydrogens (primary N) is 1. The number of carbonyl (C=O) groups is 1. The molecule has 0 bridgehead atoms. The van der Waals surface area contributed by atoms with Crippen LogP contribution in [0.2, 0.25) is 0 Å². The van der Waals surface area contributed by atoms with E-state index in [1.807, 2.05) is 0 Å². The molecule has 116 valence electrons. The second-order valence-electron chi connectivity index (χ2n) is 7.15. The van der Waals surface area contributed by atoms with Crippen molar-refractivity contribution in [3.05, 3.63) is 0 Å². The molecular weight excluding hydrogens is 250 g/mol. The summed E-state index contributed by atoms with van der Waals surface area (Å²) in [7, 11) is 0. The Morgan fingerprint density at radius 2 is 2.05 bits per heavy atom. The lowest BCUT2D eigenvalue weighted by Crippen LogP contribution is -2.46. The van der Waals surface area contributed by atoms with E-state index in [0.29, 0.717) is 18.4 Å². The van der Waals surface area contributed by atoms with Crippen LogP contribution in [0.25, 0.3) is 0 Å². The number of hydrogen-bond acceptors (Lipinski definition) is 3. The number of nitrogens with zero attached hydrogens (tertiary/aromatic N) is 1. The molecule has 1 amide bonds. The predicted octanol–water partition coefficient (Wildman–Crippen LogP) is 1.88. The van der Waals surface area contributed by atoms with Crippen LogP contribution in [-0.2, 0) is 4.79 Å². The number of nitrogens with one attached hydrogen (secondary N) is 1. The van der Waals surface area contributed by atoms with E-state index in [9.17, 15) is 4.79 Å². The zero-order valence-electron chi connectivity index (χ0n) is 13.2. The Kier molecular flexibility index (Phi) is 5.44. The quantitative estimate of drug-likeness (QED) is 0.809. The highest BCUT2D eigenvalue weighted by Gasteiger charge is 2.30. The Morgan fingerprint density at radius 1 is 1.35 bits per heavy atom. The second-order valence-corrected chi connectivity index (χ2v) is 7.15. The molecule has 0 aromatic heterocycles. The van der Waals surface area contributed by atoms with E-state index < -0.39 is 0 Å². The number of amides is 1. The lowest BCUT2D eigenvalue weighted by Gasteiger charge is -2.32. The molecule has 1 saturated heterocycles. The molecule has 0 aromatic carbocycles. The zero-order chi connectivity index (χ0) is 14.6. The Balaban J connectivity index is 1.68. The normalized spacial score (nSPS) is 26.9. The fraction of sp³-hybridized carbons (Fsp3) is 0.938. The van der Waals surface area contributed by atoms with Gasteiger partial charge < -0.3 is 16.0 Å². The number of likely N-dealkylation sites (tertiary alicyclic amines) is 1. The minimum absolute atomic E-state index is 0.150. The maximum atomic E-state index is 12.1. The van der Waals surface area contributed by atoms with E-state index in [1.165, 1.54) is 32.2 Å². The first kappa shape index (κ1) is 15.8. The van der Waals surface area contributed by atoms with Gasteiger partial charge in [-0.05, 0) is 45.6 Å². The van der Waals surface area contributed by atoms with Crippen molar-refractivity contribution in [1.29, 1.82) is 0 Å². The molecule has 2 rings (SSSR count). The first-order chi connectivity index (χ1) is 9.48. The Hall–Kier alpha value is -0.610. The summed E-state index contributed by atoms with van der Waals surface area (Å²) >= 11 is 0. The van der Waals surface area contributed by atoms with Crippen molar-refractivity contribution in [3.8, 4) is 0 Å². The molecule has 1 aliphatic carbocycles. The highest BCUT2D eigenvalue weighted by Crippen LogP contribution is 2.28. The number of rotatable bonds is 5. The molecular formula is C16H31N3O. The summed E-state index contributed by atoms with van der Waals surface area (Å²) in [5, 5.41) is 3.11. The van der Waals surface area contributed by atoms with Crippen LogP contribution in [0.15, 0.2) is 0 Å². The Bertz CT molecular complexity index is 324. The van der Waals surface area contributed by atoms with Gasteiger partial charge in [-0.25, -0.2) is 0 Å². The van der Waals surface area contributed by atoms with E-state index in [1.54, 1.807) is 0 Å². The zero-order valence-corrected chi connectivity index (χ0v) is 13.2. The van der Waals surface area contributed by atoms with Gasteiger partial charge in [-0.1, -0.05) is 19.3 Å². The van der Waals surface area contributed by atoms with Gasteiger partial charge in [0.05, 0.1) is 0 Å². The third-order valence-corrected chi connectivity index (χ3v) is 5.00. The minimum atomic E-state index is -0.234. The first-order valence-corrected chi connectivity index (χ1v) is 8.28. The van der Waals surface area contributed by atoms with Gasteiger partial charge >= 0.3 is 0 Å². The van der Waals surface area contributed by atoms with E-state index in [2.05, 4.69) is 24.1 Å². The Morgan fingerprint density at radius 3 is 2.65 bits per heavy atom. The molecule has 3 N–H and O–H groups in total. The molecule has 1 heterocycles. The monoisotopic (exact) mass is 281 g/mol. The summed E-state index contributed by atoms with van der Waals surface area (Å²) in [5.41, 5.74) is 6.10. The third kappa shape index (κ3) is 4.45. The molecule has 4 nitrogen and oxygen atoms in total. The van der Waals surface area contributed by atoms with Gasteiger partial charge in [-0.3, -0.25) is 4.79 Å².